The topological polar surface area (TPSA) is 26.0 Å². The van der Waals surface area contributed by atoms with Crippen LogP contribution in [0.1, 0.15) is 56.2 Å². The molecule has 1 heteroatoms. The predicted molar refractivity (Wildman–Crippen MR) is 83.3 cm³/mol. The van der Waals surface area contributed by atoms with Crippen LogP contribution in [0, 0.1) is 29.6 Å². The highest BCUT2D eigenvalue weighted by atomic mass is 14.7. The van der Waals surface area contributed by atoms with Gasteiger partial charge in [-0.15, -0.1) is 0 Å². The van der Waals surface area contributed by atoms with E-state index in [1.54, 1.807) is 0 Å². The Morgan fingerprint density at radius 1 is 0.950 bits per heavy atom. The second-order valence-corrected chi connectivity index (χ2v) is 7.63. The largest absolute Gasteiger partial charge is 0.324 e. The van der Waals surface area contributed by atoms with Gasteiger partial charge in [0.25, 0.3) is 0 Å². The van der Waals surface area contributed by atoms with Crippen LogP contribution in [0.15, 0.2) is 24.3 Å². The average Bonchev–Trinajstić information content (AvgIpc) is 2.46. The van der Waals surface area contributed by atoms with E-state index in [0.717, 1.165) is 36.0 Å². The Labute approximate surface area is 122 Å². The monoisotopic (exact) mass is 269 g/mol. The Balaban J connectivity index is 1.57. The van der Waals surface area contributed by atoms with Crippen LogP contribution in [0.4, 0.5) is 0 Å². The molecule has 5 rings (SSSR count). The molecule has 4 fully saturated rings. The molecule has 0 amide bonds. The van der Waals surface area contributed by atoms with Crippen molar-refractivity contribution >= 4 is 0 Å². The van der Waals surface area contributed by atoms with Gasteiger partial charge in [0.05, 0.1) is 0 Å². The van der Waals surface area contributed by atoms with Gasteiger partial charge < -0.3 is 5.73 Å². The molecule has 1 nitrogen and oxygen atoms in total. The molecule has 0 aromatic heterocycles. The summed E-state index contributed by atoms with van der Waals surface area (Å²) in [4.78, 5) is 0. The molecule has 4 saturated carbocycles. The quantitative estimate of drug-likeness (QED) is 0.869. The zero-order valence-corrected chi connectivity index (χ0v) is 12.6. The van der Waals surface area contributed by atoms with Gasteiger partial charge in [0.15, 0.2) is 0 Å². The van der Waals surface area contributed by atoms with Crippen molar-refractivity contribution in [2.24, 2.45) is 35.3 Å². The van der Waals surface area contributed by atoms with Crippen molar-refractivity contribution in [3.8, 4) is 0 Å². The maximum atomic E-state index is 6.71. The van der Waals surface area contributed by atoms with Crippen LogP contribution in [0.25, 0.3) is 0 Å². The molecule has 1 aromatic rings. The summed E-state index contributed by atoms with van der Waals surface area (Å²) in [6, 6.07) is 9.38. The Hall–Kier alpha value is -0.820. The minimum atomic E-state index is 0.274. The predicted octanol–water partition coefficient (Wildman–Crippen LogP) is 4.32. The number of benzene rings is 1. The molecule has 4 aliphatic carbocycles. The molecule has 1 atom stereocenters. The maximum Gasteiger partial charge on any atom is 0.0328 e. The minimum absolute atomic E-state index is 0.274. The zero-order valence-electron chi connectivity index (χ0n) is 12.6. The summed E-state index contributed by atoms with van der Waals surface area (Å²) < 4.78 is 0. The fraction of sp³-hybridized carbons (Fsp3) is 0.684. The van der Waals surface area contributed by atoms with Crippen molar-refractivity contribution in [3.63, 3.8) is 0 Å². The lowest BCUT2D eigenvalue weighted by molar-refractivity contribution is -0.0471. The Kier molecular flexibility index (Phi) is 3.14. The number of aryl methyl sites for hydroxylation is 1. The highest BCUT2D eigenvalue weighted by Gasteiger charge is 2.49. The lowest BCUT2D eigenvalue weighted by Gasteiger charge is -2.56. The molecule has 2 N–H and O–H groups in total. The number of rotatable bonds is 3. The van der Waals surface area contributed by atoms with Crippen LogP contribution < -0.4 is 5.73 Å². The smallest absolute Gasteiger partial charge is 0.0328 e. The van der Waals surface area contributed by atoms with E-state index in [2.05, 4.69) is 31.2 Å². The molecule has 4 aliphatic rings. The molecule has 0 aliphatic heterocycles. The van der Waals surface area contributed by atoms with Gasteiger partial charge in [-0.1, -0.05) is 31.2 Å². The summed E-state index contributed by atoms with van der Waals surface area (Å²) in [6.45, 7) is 2.22. The standard InChI is InChI=1S/C19H27N/c1-2-12-3-5-15(6-4-12)19(20)18-16-8-13-7-14(10-16)11-17(18)9-13/h3-6,13-14,16-19H,2,7-11,20H2,1H3. The Bertz CT molecular complexity index is 447. The van der Waals surface area contributed by atoms with Gasteiger partial charge in [-0.2, -0.15) is 0 Å². The number of hydrogen-bond donors (Lipinski definition) is 1. The molecule has 0 radical (unpaired) electrons. The third-order valence-electron chi connectivity index (χ3n) is 6.49. The van der Waals surface area contributed by atoms with Gasteiger partial charge in [0.2, 0.25) is 0 Å². The Morgan fingerprint density at radius 3 is 2.00 bits per heavy atom. The number of hydrogen-bond acceptors (Lipinski definition) is 1. The lowest BCUT2D eigenvalue weighted by Crippen LogP contribution is -2.48. The molecule has 1 unspecified atom stereocenters. The van der Waals surface area contributed by atoms with Crippen molar-refractivity contribution in [2.45, 2.75) is 51.5 Å². The van der Waals surface area contributed by atoms with Crippen LogP contribution in [0.5, 0.6) is 0 Å². The first-order chi connectivity index (χ1) is 9.74. The lowest BCUT2D eigenvalue weighted by atomic mass is 9.50. The van der Waals surface area contributed by atoms with E-state index in [0.29, 0.717) is 0 Å². The highest BCUT2D eigenvalue weighted by molar-refractivity contribution is 5.26. The summed E-state index contributed by atoms with van der Waals surface area (Å²) in [5, 5.41) is 0. The third-order valence-corrected chi connectivity index (χ3v) is 6.49. The van der Waals surface area contributed by atoms with Gasteiger partial charge in [-0.05, 0) is 79.2 Å². The molecule has 0 spiro atoms. The van der Waals surface area contributed by atoms with Crippen molar-refractivity contribution < 1.29 is 0 Å². The summed E-state index contributed by atoms with van der Waals surface area (Å²) in [5.41, 5.74) is 9.51. The van der Waals surface area contributed by atoms with Crippen LogP contribution in [0.3, 0.4) is 0 Å². The molecule has 1 aromatic carbocycles. The van der Waals surface area contributed by atoms with Crippen molar-refractivity contribution in [2.75, 3.05) is 0 Å². The van der Waals surface area contributed by atoms with E-state index in [9.17, 15) is 0 Å². The van der Waals surface area contributed by atoms with E-state index in [4.69, 9.17) is 5.73 Å². The van der Waals surface area contributed by atoms with Crippen LogP contribution in [-0.2, 0) is 6.42 Å². The van der Waals surface area contributed by atoms with Crippen LogP contribution >= 0.6 is 0 Å². The highest BCUT2D eigenvalue weighted by Crippen LogP contribution is 2.58. The van der Waals surface area contributed by atoms with Gasteiger partial charge in [0, 0.05) is 6.04 Å². The Morgan fingerprint density at radius 2 is 1.50 bits per heavy atom. The van der Waals surface area contributed by atoms with E-state index < -0.39 is 0 Å². The van der Waals surface area contributed by atoms with E-state index >= 15 is 0 Å². The van der Waals surface area contributed by atoms with Crippen LogP contribution in [0.2, 0.25) is 0 Å². The number of nitrogens with two attached hydrogens (primary N) is 1. The molecule has 0 saturated heterocycles. The fourth-order valence-electron chi connectivity index (χ4n) is 5.75. The fourth-order valence-corrected chi connectivity index (χ4v) is 5.75. The van der Waals surface area contributed by atoms with Crippen molar-refractivity contribution in [1.29, 1.82) is 0 Å². The second kappa shape index (κ2) is 4.87. The van der Waals surface area contributed by atoms with Crippen molar-refractivity contribution in [1.82, 2.24) is 0 Å². The SMILES string of the molecule is CCc1ccc(C(N)C2C3CC4CC(C3)CC2C4)cc1. The molecule has 20 heavy (non-hydrogen) atoms. The van der Waals surface area contributed by atoms with E-state index in [1.165, 1.54) is 43.2 Å². The minimum Gasteiger partial charge on any atom is -0.324 e. The first-order valence-corrected chi connectivity index (χ1v) is 8.59. The summed E-state index contributed by atoms with van der Waals surface area (Å²) >= 11 is 0. The average molecular weight is 269 g/mol. The maximum absolute atomic E-state index is 6.71. The second-order valence-electron chi connectivity index (χ2n) is 7.63. The zero-order chi connectivity index (χ0) is 13.7. The summed E-state index contributed by atoms with van der Waals surface area (Å²) in [7, 11) is 0. The van der Waals surface area contributed by atoms with Crippen molar-refractivity contribution in [3.05, 3.63) is 35.4 Å². The van der Waals surface area contributed by atoms with Gasteiger partial charge in [-0.3, -0.25) is 0 Å². The molecular formula is C19H27N. The normalized spacial score (nSPS) is 40.0. The molecule has 4 bridgehead atoms. The van der Waals surface area contributed by atoms with E-state index in [1.807, 2.05) is 0 Å². The summed E-state index contributed by atoms with van der Waals surface area (Å²) in [5.74, 6) is 4.70. The van der Waals surface area contributed by atoms with E-state index in [-0.39, 0.29) is 6.04 Å². The van der Waals surface area contributed by atoms with Gasteiger partial charge >= 0.3 is 0 Å². The molecule has 0 heterocycles. The first kappa shape index (κ1) is 12.9. The van der Waals surface area contributed by atoms with Gasteiger partial charge in [0.1, 0.15) is 0 Å². The third kappa shape index (κ3) is 2.02. The molecule has 108 valence electrons. The van der Waals surface area contributed by atoms with Crippen LogP contribution in [-0.4, -0.2) is 0 Å². The first-order valence-electron chi connectivity index (χ1n) is 8.59. The summed E-state index contributed by atoms with van der Waals surface area (Å²) in [6.07, 6.45) is 8.53. The van der Waals surface area contributed by atoms with Gasteiger partial charge in [-0.25, -0.2) is 0 Å². The molecular weight excluding hydrogens is 242 g/mol.